The van der Waals surface area contributed by atoms with Crippen molar-refractivity contribution in [1.29, 1.82) is 0 Å². The van der Waals surface area contributed by atoms with E-state index in [0.29, 0.717) is 6.29 Å². The summed E-state index contributed by atoms with van der Waals surface area (Å²) in [5, 5.41) is 19.9. The minimum Gasteiger partial charge on any atom is -0.508 e. The van der Waals surface area contributed by atoms with Gasteiger partial charge < -0.3 is 9.90 Å². The van der Waals surface area contributed by atoms with E-state index in [4.69, 9.17) is 0 Å². The highest BCUT2D eigenvalue weighted by Gasteiger charge is 2.28. The Morgan fingerprint density at radius 3 is 2.53 bits per heavy atom. The normalized spacial score (nSPS) is 11.1. The van der Waals surface area contributed by atoms with Gasteiger partial charge in [-0.3, -0.25) is 10.1 Å². The lowest BCUT2D eigenvalue weighted by Crippen LogP contribution is -2.20. The van der Waals surface area contributed by atoms with E-state index in [-0.39, 0.29) is 17.0 Å². The predicted octanol–water partition coefficient (Wildman–Crippen LogP) is 1.78. The number of hydrogen-bond acceptors (Lipinski definition) is 4. The number of benzene rings is 1. The van der Waals surface area contributed by atoms with Gasteiger partial charge in [0.25, 0.3) is 5.69 Å². The van der Waals surface area contributed by atoms with Crippen molar-refractivity contribution in [2.75, 3.05) is 0 Å². The first kappa shape index (κ1) is 11.2. The van der Waals surface area contributed by atoms with Gasteiger partial charge in [0.2, 0.25) is 0 Å². The van der Waals surface area contributed by atoms with Crippen molar-refractivity contribution in [2.45, 2.75) is 19.3 Å². The molecule has 80 valence electrons. The van der Waals surface area contributed by atoms with Crippen LogP contribution in [-0.4, -0.2) is 16.3 Å². The van der Waals surface area contributed by atoms with Gasteiger partial charge in [0.1, 0.15) is 12.0 Å². The van der Waals surface area contributed by atoms with E-state index in [1.165, 1.54) is 18.2 Å². The number of rotatable bonds is 3. The molecule has 0 heterocycles. The van der Waals surface area contributed by atoms with Gasteiger partial charge in [0.05, 0.1) is 10.3 Å². The fraction of sp³-hybridized carbons (Fsp3) is 0.300. The number of nitro groups is 1. The third-order valence-corrected chi connectivity index (χ3v) is 2.17. The summed E-state index contributed by atoms with van der Waals surface area (Å²) in [4.78, 5) is 20.9. The zero-order chi connectivity index (χ0) is 11.6. The SMILES string of the molecule is CC(C)(C=O)c1cc(O)ccc1[N+](=O)[O-]. The molecule has 5 heteroatoms. The van der Waals surface area contributed by atoms with E-state index in [9.17, 15) is 20.0 Å². The Balaban J connectivity index is 3.43. The molecule has 0 saturated heterocycles. The van der Waals surface area contributed by atoms with Crippen LogP contribution >= 0.6 is 0 Å². The molecule has 15 heavy (non-hydrogen) atoms. The van der Waals surface area contributed by atoms with Crippen LogP contribution in [0.5, 0.6) is 5.75 Å². The number of aromatic hydroxyl groups is 1. The van der Waals surface area contributed by atoms with Crippen molar-refractivity contribution in [1.82, 2.24) is 0 Å². The molecular formula is C10H11NO4. The summed E-state index contributed by atoms with van der Waals surface area (Å²) in [7, 11) is 0. The summed E-state index contributed by atoms with van der Waals surface area (Å²) in [5.74, 6) is -0.0921. The molecule has 0 saturated carbocycles. The average molecular weight is 209 g/mol. The van der Waals surface area contributed by atoms with Crippen LogP contribution in [0.2, 0.25) is 0 Å². The van der Waals surface area contributed by atoms with E-state index in [1.807, 2.05) is 0 Å². The van der Waals surface area contributed by atoms with Crippen LogP contribution in [0.3, 0.4) is 0 Å². The minimum atomic E-state index is -0.985. The Morgan fingerprint density at radius 2 is 2.07 bits per heavy atom. The maximum absolute atomic E-state index is 10.8. The van der Waals surface area contributed by atoms with Gasteiger partial charge in [0, 0.05) is 11.6 Å². The fourth-order valence-electron chi connectivity index (χ4n) is 1.26. The molecule has 0 fully saturated rings. The Morgan fingerprint density at radius 1 is 1.47 bits per heavy atom. The van der Waals surface area contributed by atoms with E-state index in [0.717, 1.165) is 0 Å². The summed E-state index contributed by atoms with van der Waals surface area (Å²) in [6.45, 7) is 3.11. The Kier molecular flexibility index (Phi) is 2.74. The Hall–Kier alpha value is -1.91. The smallest absolute Gasteiger partial charge is 0.273 e. The van der Waals surface area contributed by atoms with E-state index in [1.54, 1.807) is 13.8 Å². The van der Waals surface area contributed by atoms with Crippen LogP contribution in [0, 0.1) is 10.1 Å². The lowest BCUT2D eigenvalue weighted by atomic mass is 9.85. The average Bonchev–Trinajstić information content (AvgIpc) is 2.17. The molecule has 0 aromatic heterocycles. The van der Waals surface area contributed by atoms with E-state index >= 15 is 0 Å². The number of phenols is 1. The van der Waals surface area contributed by atoms with Gasteiger partial charge in [-0.2, -0.15) is 0 Å². The summed E-state index contributed by atoms with van der Waals surface area (Å²) in [6, 6.07) is 3.66. The minimum absolute atomic E-state index is 0.0921. The first-order valence-corrected chi connectivity index (χ1v) is 4.32. The second kappa shape index (κ2) is 3.68. The van der Waals surface area contributed by atoms with Crippen LogP contribution < -0.4 is 0 Å². The lowest BCUT2D eigenvalue weighted by Gasteiger charge is -2.17. The van der Waals surface area contributed by atoms with Crippen LogP contribution in [0.4, 0.5) is 5.69 Å². The monoisotopic (exact) mass is 209 g/mol. The second-order valence-electron chi connectivity index (χ2n) is 3.80. The van der Waals surface area contributed by atoms with Crippen LogP contribution in [0.15, 0.2) is 18.2 Å². The van der Waals surface area contributed by atoms with Crippen molar-refractivity contribution in [2.24, 2.45) is 0 Å². The highest BCUT2D eigenvalue weighted by molar-refractivity contribution is 5.71. The summed E-state index contributed by atoms with van der Waals surface area (Å²) >= 11 is 0. The zero-order valence-corrected chi connectivity index (χ0v) is 8.43. The first-order valence-electron chi connectivity index (χ1n) is 4.32. The summed E-state index contributed by atoms with van der Waals surface area (Å²) in [6.07, 6.45) is 0.620. The maximum atomic E-state index is 10.8. The van der Waals surface area contributed by atoms with Gasteiger partial charge in [-0.15, -0.1) is 0 Å². The molecule has 0 aliphatic carbocycles. The van der Waals surface area contributed by atoms with Gasteiger partial charge in [-0.05, 0) is 26.0 Å². The summed E-state index contributed by atoms with van der Waals surface area (Å²) < 4.78 is 0. The van der Waals surface area contributed by atoms with Crippen LogP contribution in [0.25, 0.3) is 0 Å². The molecule has 1 rings (SSSR count). The van der Waals surface area contributed by atoms with E-state index < -0.39 is 10.3 Å². The molecule has 0 unspecified atom stereocenters. The Bertz CT molecular complexity index is 412. The topological polar surface area (TPSA) is 80.4 Å². The molecule has 0 radical (unpaired) electrons. The third kappa shape index (κ3) is 2.12. The highest BCUT2D eigenvalue weighted by Crippen LogP contribution is 2.32. The number of hydrogen-bond donors (Lipinski definition) is 1. The molecule has 0 aliphatic heterocycles. The summed E-state index contributed by atoms with van der Waals surface area (Å²) in [5.41, 5.74) is -0.936. The van der Waals surface area contributed by atoms with Crippen LogP contribution in [0.1, 0.15) is 19.4 Å². The van der Waals surface area contributed by atoms with Gasteiger partial charge in [-0.25, -0.2) is 0 Å². The quantitative estimate of drug-likeness (QED) is 0.467. The molecule has 0 atom stereocenters. The highest BCUT2D eigenvalue weighted by atomic mass is 16.6. The standard InChI is InChI=1S/C10H11NO4/c1-10(2,6-12)8-5-7(13)3-4-9(8)11(14)15/h3-6,13H,1-2H3. The van der Waals surface area contributed by atoms with Crippen molar-refractivity contribution < 1.29 is 14.8 Å². The fourth-order valence-corrected chi connectivity index (χ4v) is 1.26. The molecule has 0 aliphatic rings. The predicted molar refractivity (Wildman–Crippen MR) is 53.9 cm³/mol. The molecule has 5 nitrogen and oxygen atoms in total. The molecule has 0 bridgehead atoms. The third-order valence-electron chi connectivity index (χ3n) is 2.17. The number of nitrogens with zero attached hydrogens (tertiary/aromatic N) is 1. The maximum Gasteiger partial charge on any atom is 0.273 e. The molecule has 1 aromatic rings. The van der Waals surface area contributed by atoms with Gasteiger partial charge in [0.15, 0.2) is 0 Å². The molecule has 1 aromatic carbocycles. The van der Waals surface area contributed by atoms with Crippen LogP contribution in [-0.2, 0) is 10.2 Å². The van der Waals surface area contributed by atoms with Crippen molar-refractivity contribution in [3.8, 4) is 5.75 Å². The van der Waals surface area contributed by atoms with Crippen molar-refractivity contribution >= 4 is 12.0 Å². The number of aldehydes is 1. The van der Waals surface area contributed by atoms with Gasteiger partial charge >= 0.3 is 0 Å². The number of carbonyl (C=O) groups excluding carboxylic acids is 1. The zero-order valence-electron chi connectivity index (χ0n) is 8.43. The lowest BCUT2D eigenvalue weighted by molar-refractivity contribution is -0.385. The van der Waals surface area contributed by atoms with E-state index in [2.05, 4.69) is 0 Å². The molecule has 0 amide bonds. The molecular weight excluding hydrogens is 198 g/mol. The number of nitro benzene ring substituents is 1. The van der Waals surface area contributed by atoms with Crippen molar-refractivity contribution in [3.63, 3.8) is 0 Å². The second-order valence-corrected chi connectivity index (χ2v) is 3.80. The largest absolute Gasteiger partial charge is 0.508 e. The molecule has 1 N–H and O–H groups in total. The van der Waals surface area contributed by atoms with Crippen molar-refractivity contribution in [3.05, 3.63) is 33.9 Å². The Labute approximate surface area is 86.5 Å². The number of carbonyl (C=O) groups is 1. The first-order chi connectivity index (χ1) is 6.88. The number of phenolic OH excluding ortho intramolecular Hbond substituents is 1. The van der Waals surface area contributed by atoms with Gasteiger partial charge in [-0.1, -0.05) is 0 Å². The molecule has 0 spiro atoms.